The van der Waals surface area contributed by atoms with Crippen LogP contribution in [-0.4, -0.2) is 10.2 Å². The molecule has 1 aliphatic rings. The molecule has 0 spiro atoms. The lowest BCUT2D eigenvalue weighted by Gasteiger charge is -2.37. The van der Waals surface area contributed by atoms with Crippen LogP contribution in [0.25, 0.3) is 0 Å². The smallest absolute Gasteiger partial charge is 0.178 e. The van der Waals surface area contributed by atoms with Crippen molar-refractivity contribution in [3.63, 3.8) is 0 Å². The van der Waals surface area contributed by atoms with Gasteiger partial charge in [0.1, 0.15) is 5.75 Å². The molecule has 1 aliphatic heterocycles. The Bertz CT molecular complexity index is 608. The van der Waals surface area contributed by atoms with Crippen LogP contribution < -0.4 is 0 Å². The largest absolute Gasteiger partial charge is 0.508 e. The number of hydrogen-bond acceptors (Lipinski definition) is 2. The lowest BCUT2D eigenvalue weighted by molar-refractivity contribution is -0.260. The molecule has 114 valence electrons. The molecule has 0 unspecified atom stereocenters. The number of hydrogen-bond donors (Lipinski definition) is 1. The fraction of sp³-hybridized carbons (Fsp3) is 0.333. The van der Waals surface area contributed by atoms with Crippen LogP contribution in [0.5, 0.6) is 11.5 Å². The topological polar surface area (TPSA) is 63.3 Å². The monoisotopic (exact) mass is 297 g/mol. The van der Waals surface area contributed by atoms with Gasteiger partial charge in [-0.25, -0.2) is 0 Å². The zero-order valence-corrected chi connectivity index (χ0v) is 12.7. The molecule has 1 N–H and O–H groups in total. The van der Waals surface area contributed by atoms with E-state index in [1.807, 2.05) is 13.8 Å². The molecule has 2 atom stereocenters. The highest BCUT2D eigenvalue weighted by atomic mass is 16.5. The van der Waals surface area contributed by atoms with Crippen molar-refractivity contribution in [3.8, 4) is 11.5 Å². The van der Waals surface area contributed by atoms with Gasteiger partial charge in [0, 0.05) is 0 Å². The molecule has 2 radical (unpaired) electrons. The van der Waals surface area contributed by atoms with Crippen molar-refractivity contribution < 1.29 is 15.4 Å². The van der Waals surface area contributed by atoms with Crippen LogP contribution in [0.2, 0.25) is 0 Å². The standard InChI is InChI=1S/C18H19NO3/c1-17(13-3-7-15(20)8-4-13)11-12-18(2,19(17)22)14-5-9-16(21)10-6-14/h3-10,20H,11-12H2,1-2H3/t17-,18-/m1/s1. The first kappa shape index (κ1) is 14.9. The highest BCUT2D eigenvalue weighted by Crippen LogP contribution is 2.51. The van der Waals surface area contributed by atoms with E-state index in [-0.39, 0.29) is 11.5 Å². The Hall–Kier alpha value is -2.04. The summed E-state index contributed by atoms with van der Waals surface area (Å²) in [6.45, 7) is 3.85. The van der Waals surface area contributed by atoms with Crippen LogP contribution in [0.3, 0.4) is 0 Å². The van der Waals surface area contributed by atoms with E-state index in [9.17, 15) is 15.4 Å². The molecule has 0 bridgehead atoms. The summed E-state index contributed by atoms with van der Waals surface area (Å²) in [6.07, 6.45) is 1.43. The fourth-order valence-electron chi connectivity index (χ4n) is 3.39. The average Bonchev–Trinajstić information content (AvgIpc) is 2.75. The molecule has 2 aromatic carbocycles. The Morgan fingerprint density at radius 3 is 1.73 bits per heavy atom. The normalized spacial score (nSPS) is 28.9. The van der Waals surface area contributed by atoms with Gasteiger partial charge in [-0.2, -0.15) is 0 Å². The summed E-state index contributed by atoms with van der Waals surface area (Å²) in [7, 11) is 0. The van der Waals surface area contributed by atoms with Gasteiger partial charge in [-0.1, -0.05) is 24.3 Å². The average molecular weight is 297 g/mol. The minimum absolute atomic E-state index is 0.0518. The number of phenols is 1. The lowest BCUT2D eigenvalue weighted by Crippen LogP contribution is -2.44. The van der Waals surface area contributed by atoms with Crippen molar-refractivity contribution in [3.05, 3.63) is 59.7 Å². The van der Waals surface area contributed by atoms with Gasteiger partial charge in [0.25, 0.3) is 0 Å². The summed E-state index contributed by atoms with van der Waals surface area (Å²) >= 11 is 0. The SMILES string of the molecule is C[C@]1(c2ccc([O])cc2)CC[C@](C)(c2ccc(O)cc2)N1[O]. The Balaban J connectivity index is 1.98. The summed E-state index contributed by atoms with van der Waals surface area (Å²) < 4.78 is 0. The van der Waals surface area contributed by atoms with Gasteiger partial charge >= 0.3 is 0 Å². The molecule has 4 heteroatoms. The predicted molar refractivity (Wildman–Crippen MR) is 81.1 cm³/mol. The number of hydroxylamine groups is 2. The molecule has 3 rings (SSSR count). The Labute approximate surface area is 130 Å². The first-order valence-electron chi connectivity index (χ1n) is 7.41. The number of nitrogens with zero attached hydrogens (tertiary/aromatic N) is 1. The first-order chi connectivity index (χ1) is 10.4. The minimum Gasteiger partial charge on any atom is -0.508 e. The molecule has 0 aromatic heterocycles. The molecule has 1 fully saturated rings. The Morgan fingerprint density at radius 1 is 0.864 bits per heavy atom. The van der Waals surface area contributed by atoms with Crippen molar-refractivity contribution in [1.82, 2.24) is 5.06 Å². The quantitative estimate of drug-likeness (QED) is 0.906. The third kappa shape index (κ3) is 2.16. The number of aromatic hydroxyl groups is 1. The van der Waals surface area contributed by atoms with Gasteiger partial charge in [-0.05, 0) is 62.1 Å². The van der Waals surface area contributed by atoms with Crippen LogP contribution >= 0.6 is 0 Å². The van der Waals surface area contributed by atoms with E-state index >= 15 is 0 Å². The van der Waals surface area contributed by atoms with E-state index in [1.165, 1.54) is 12.1 Å². The van der Waals surface area contributed by atoms with Gasteiger partial charge in [-0.15, -0.1) is 10.3 Å². The molecular formula is C18H19NO3. The Morgan fingerprint density at radius 2 is 1.27 bits per heavy atom. The van der Waals surface area contributed by atoms with Crippen LogP contribution in [-0.2, 0) is 21.4 Å². The van der Waals surface area contributed by atoms with Gasteiger partial charge in [0.2, 0.25) is 0 Å². The highest BCUT2D eigenvalue weighted by molar-refractivity contribution is 5.36. The maximum absolute atomic E-state index is 13.1. The van der Waals surface area contributed by atoms with Crippen molar-refractivity contribution in [2.24, 2.45) is 0 Å². The lowest BCUT2D eigenvalue weighted by atomic mass is 9.89. The maximum Gasteiger partial charge on any atom is 0.178 e. The van der Waals surface area contributed by atoms with Crippen LogP contribution in [0.4, 0.5) is 0 Å². The van der Waals surface area contributed by atoms with E-state index in [0.29, 0.717) is 6.42 Å². The van der Waals surface area contributed by atoms with Crippen molar-refractivity contribution in [2.45, 2.75) is 37.8 Å². The number of phenolic OH excluding ortho intramolecular Hbond substituents is 1. The third-order valence-electron chi connectivity index (χ3n) is 4.96. The molecule has 4 nitrogen and oxygen atoms in total. The Kier molecular flexibility index (Phi) is 3.38. The second-order valence-corrected chi connectivity index (χ2v) is 6.41. The van der Waals surface area contributed by atoms with Gasteiger partial charge in [0.05, 0.1) is 11.1 Å². The molecular weight excluding hydrogens is 278 g/mol. The third-order valence-corrected chi connectivity index (χ3v) is 4.96. The van der Waals surface area contributed by atoms with Crippen LogP contribution in [0.15, 0.2) is 48.5 Å². The van der Waals surface area contributed by atoms with Crippen molar-refractivity contribution in [2.75, 3.05) is 0 Å². The van der Waals surface area contributed by atoms with E-state index in [1.54, 1.807) is 36.4 Å². The summed E-state index contributed by atoms with van der Waals surface area (Å²) in [5, 5.41) is 35.0. The fourth-order valence-corrected chi connectivity index (χ4v) is 3.39. The maximum atomic E-state index is 13.1. The molecule has 0 aliphatic carbocycles. The second kappa shape index (κ2) is 5.00. The zero-order valence-electron chi connectivity index (χ0n) is 12.7. The van der Waals surface area contributed by atoms with E-state index < -0.39 is 11.1 Å². The second-order valence-electron chi connectivity index (χ2n) is 6.41. The number of benzene rings is 2. The minimum atomic E-state index is -0.652. The molecule has 22 heavy (non-hydrogen) atoms. The van der Waals surface area contributed by atoms with E-state index in [0.717, 1.165) is 22.6 Å². The summed E-state index contributed by atoms with van der Waals surface area (Å²) in [5.41, 5.74) is 0.466. The van der Waals surface area contributed by atoms with Crippen LogP contribution in [0, 0.1) is 0 Å². The van der Waals surface area contributed by atoms with Gasteiger partial charge < -0.3 is 5.11 Å². The van der Waals surface area contributed by atoms with Crippen molar-refractivity contribution in [1.29, 1.82) is 0 Å². The van der Waals surface area contributed by atoms with E-state index in [4.69, 9.17) is 0 Å². The van der Waals surface area contributed by atoms with Crippen LogP contribution in [0.1, 0.15) is 37.8 Å². The highest BCUT2D eigenvalue weighted by Gasteiger charge is 2.52. The first-order valence-corrected chi connectivity index (χ1v) is 7.41. The summed E-state index contributed by atoms with van der Waals surface area (Å²) in [4.78, 5) is 0. The molecule has 0 saturated carbocycles. The van der Waals surface area contributed by atoms with E-state index in [2.05, 4.69) is 0 Å². The zero-order chi connectivity index (χ0) is 16.0. The van der Waals surface area contributed by atoms with Gasteiger partial charge in [-0.3, -0.25) is 5.11 Å². The predicted octanol–water partition coefficient (Wildman–Crippen LogP) is 4.11. The molecule has 1 heterocycles. The summed E-state index contributed by atoms with van der Waals surface area (Å²) in [6, 6.07) is 13.3. The molecule has 1 saturated heterocycles. The molecule has 0 amide bonds. The van der Waals surface area contributed by atoms with Crippen molar-refractivity contribution >= 4 is 0 Å². The molecule has 2 aromatic rings. The van der Waals surface area contributed by atoms with Gasteiger partial charge in [0.15, 0.2) is 5.75 Å². The summed E-state index contributed by atoms with van der Waals surface area (Å²) in [5.74, 6) is 0.140. The number of rotatable bonds is 2.